The van der Waals surface area contributed by atoms with Gasteiger partial charge in [0.1, 0.15) is 10.8 Å². The van der Waals surface area contributed by atoms with Gasteiger partial charge in [-0.2, -0.15) is 4.37 Å². The predicted octanol–water partition coefficient (Wildman–Crippen LogP) is 3.66. The molecule has 17 heavy (non-hydrogen) atoms. The minimum atomic E-state index is 0.670. The molecule has 0 unspecified atom stereocenters. The van der Waals surface area contributed by atoms with Crippen molar-refractivity contribution < 1.29 is 0 Å². The number of nitrogens with one attached hydrogen (secondary N) is 1. The largest absolute Gasteiger partial charge is 0.383 e. The molecular weight excluding hydrogens is 230 g/mol. The van der Waals surface area contributed by atoms with Crippen LogP contribution in [-0.2, 0) is 0 Å². The molecule has 4 heteroatoms. The average Bonchev–Trinajstić information content (AvgIpc) is 2.64. The van der Waals surface area contributed by atoms with Crippen LogP contribution in [0.5, 0.6) is 0 Å². The van der Waals surface area contributed by atoms with Crippen molar-refractivity contribution in [1.82, 2.24) is 4.37 Å². The molecule has 0 amide bonds. The van der Waals surface area contributed by atoms with E-state index in [1.807, 2.05) is 6.92 Å². The second kappa shape index (κ2) is 5.71. The Labute approximate surface area is 108 Å². The molecule has 96 valence electrons. The summed E-state index contributed by atoms with van der Waals surface area (Å²) in [5.41, 5.74) is 6.83. The fourth-order valence-electron chi connectivity index (χ4n) is 2.52. The summed E-state index contributed by atoms with van der Waals surface area (Å²) in [7, 11) is 0. The summed E-state index contributed by atoms with van der Waals surface area (Å²) in [6.45, 7) is 5.46. The van der Waals surface area contributed by atoms with Crippen molar-refractivity contribution in [2.45, 2.75) is 46.0 Å². The maximum atomic E-state index is 5.73. The molecule has 1 aromatic rings. The third-order valence-electron chi connectivity index (χ3n) is 3.93. The molecule has 0 radical (unpaired) electrons. The van der Waals surface area contributed by atoms with E-state index < -0.39 is 0 Å². The molecule has 0 aromatic carbocycles. The van der Waals surface area contributed by atoms with Gasteiger partial charge in [-0.25, -0.2) is 0 Å². The Morgan fingerprint density at radius 2 is 2.06 bits per heavy atom. The molecule has 2 rings (SSSR count). The van der Waals surface area contributed by atoms with Gasteiger partial charge in [-0.05, 0) is 36.7 Å². The van der Waals surface area contributed by atoms with Crippen LogP contribution < -0.4 is 11.1 Å². The molecule has 0 aliphatic heterocycles. The summed E-state index contributed by atoms with van der Waals surface area (Å²) in [5.74, 6) is 2.54. The Kier molecular flexibility index (Phi) is 4.26. The first-order valence-electron chi connectivity index (χ1n) is 6.62. The van der Waals surface area contributed by atoms with Crippen LogP contribution in [0.1, 0.15) is 44.6 Å². The summed E-state index contributed by atoms with van der Waals surface area (Å²) in [4.78, 5) is 0. The molecule has 1 aromatic heterocycles. The van der Waals surface area contributed by atoms with E-state index in [2.05, 4.69) is 16.6 Å². The van der Waals surface area contributed by atoms with E-state index in [0.29, 0.717) is 5.82 Å². The van der Waals surface area contributed by atoms with Gasteiger partial charge in [0.15, 0.2) is 0 Å². The summed E-state index contributed by atoms with van der Waals surface area (Å²) >= 11 is 1.48. The lowest BCUT2D eigenvalue weighted by molar-refractivity contribution is 0.282. The summed E-state index contributed by atoms with van der Waals surface area (Å²) in [6.07, 6.45) is 6.93. The van der Waals surface area contributed by atoms with Gasteiger partial charge in [0, 0.05) is 12.1 Å². The number of nitrogens with two attached hydrogens (primary N) is 1. The molecule has 0 saturated heterocycles. The minimum absolute atomic E-state index is 0.670. The van der Waals surface area contributed by atoms with Crippen molar-refractivity contribution in [3.05, 3.63) is 5.56 Å². The van der Waals surface area contributed by atoms with Crippen LogP contribution in [0, 0.1) is 18.8 Å². The van der Waals surface area contributed by atoms with E-state index in [1.54, 1.807) is 0 Å². The van der Waals surface area contributed by atoms with Gasteiger partial charge in [-0.1, -0.05) is 32.6 Å². The molecule has 3 nitrogen and oxygen atoms in total. The average molecular weight is 253 g/mol. The molecule has 1 aliphatic carbocycles. The maximum absolute atomic E-state index is 5.73. The normalized spacial score (nSPS) is 24.8. The zero-order chi connectivity index (χ0) is 12.3. The van der Waals surface area contributed by atoms with E-state index >= 15 is 0 Å². The Bertz CT molecular complexity index is 354. The lowest BCUT2D eigenvalue weighted by Crippen LogP contribution is -2.15. The minimum Gasteiger partial charge on any atom is -0.383 e. The van der Waals surface area contributed by atoms with Crippen LogP contribution >= 0.6 is 11.5 Å². The summed E-state index contributed by atoms with van der Waals surface area (Å²) < 4.78 is 4.15. The van der Waals surface area contributed by atoms with Gasteiger partial charge < -0.3 is 11.1 Å². The lowest BCUT2D eigenvalue weighted by atomic mass is 9.81. The van der Waals surface area contributed by atoms with Crippen molar-refractivity contribution in [3.63, 3.8) is 0 Å². The van der Waals surface area contributed by atoms with Gasteiger partial charge in [0.05, 0.1) is 0 Å². The first-order valence-corrected chi connectivity index (χ1v) is 7.39. The molecule has 0 spiro atoms. The van der Waals surface area contributed by atoms with Crippen LogP contribution in [0.15, 0.2) is 0 Å². The number of hydrogen-bond donors (Lipinski definition) is 2. The lowest BCUT2D eigenvalue weighted by Gasteiger charge is -2.26. The number of nitrogen functional groups attached to an aromatic ring is 1. The van der Waals surface area contributed by atoms with Gasteiger partial charge in [-0.3, -0.25) is 0 Å². The number of aromatic nitrogens is 1. The van der Waals surface area contributed by atoms with Crippen molar-refractivity contribution >= 4 is 22.4 Å². The smallest absolute Gasteiger partial charge is 0.142 e. The van der Waals surface area contributed by atoms with E-state index in [0.717, 1.165) is 28.9 Å². The molecule has 0 atom stereocenters. The van der Waals surface area contributed by atoms with Crippen LogP contribution in [-0.4, -0.2) is 10.9 Å². The Hall–Kier alpha value is -0.770. The van der Waals surface area contributed by atoms with Crippen LogP contribution in [0.4, 0.5) is 10.8 Å². The fraction of sp³-hybridized carbons (Fsp3) is 0.769. The van der Waals surface area contributed by atoms with Crippen molar-refractivity contribution in [1.29, 1.82) is 0 Å². The Balaban J connectivity index is 1.71. The molecule has 1 heterocycles. The van der Waals surface area contributed by atoms with Crippen molar-refractivity contribution in [2.24, 2.45) is 11.8 Å². The quantitative estimate of drug-likeness (QED) is 0.861. The van der Waals surface area contributed by atoms with Crippen LogP contribution in [0.3, 0.4) is 0 Å². The molecule has 0 bridgehead atoms. The zero-order valence-electron chi connectivity index (χ0n) is 10.8. The monoisotopic (exact) mass is 253 g/mol. The first kappa shape index (κ1) is 12.7. The Morgan fingerprint density at radius 3 is 2.65 bits per heavy atom. The van der Waals surface area contributed by atoms with Crippen LogP contribution in [0.25, 0.3) is 0 Å². The van der Waals surface area contributed by atoms with E-state index in [9.17, 15) is 0 Å². The van der Waals surface area contributed by atoms with Crippen LogP contribution in [0.2, 0.25) is 0 Å². The zero-order valence-corrected chi connectivity index (χ0v) is 11.6. The summed E-state index contributed by atoms with van der Waals surface area (Å²) in [6, 6.07) is 0. The third kappa shape index (κ3) is 3.35. The number of hydrogen-bond acceptors (Lipinski definition) is 4. The Morgan fingerprint density at radius 1 is 1.35 bits per heavy atom. The van der Waals surface area contributed by atoms with Gasteiger partial charge in [-0.15, -0.1) is 0 Å². The topological polar surface area (TPSA) is 50.9 Å². The highest BCUT2D eigenvalue weighted by Gasteiger charge is 2.17. The number of rotatable bonds is 4. The summed E-state index contributed by atoms with van der Waals surface area (Å²) in [5, 5.41) is 4.61. The van der Waals surface area contributed by atoms with Crippen molar-refractivity contribution in [2.75, 3.05) is 17.6 Å². The van der Waals surface area contributed by atoms with Gasteiger partial charge in [0.2, 0.25) is 0 Å². The fourth-order valence-corrected chi connectivity index (χ4v) is 3.26. The van der Waals surface area contributed by atoms with E-state index in [4.69, 9.17) is 5.73 Å². The predicted molar refractivity (Wildman–Crippen MR) is 75.5 cm³/mol. The molecule has 3 N–H and O–H groups in total. The highest BCUT2D eigenvalue weighted by atomic mass is 32.1. The SMILES string of the molecule is Cc1c(N)nsc1NCCC1CCC(C)CC1. The third-order valence-corrected chi connectivity index (χ3v) is 4.85. The van der Waals surface area contributed by atoms with Crippen molar-refractivity contribution in [3.8, 4) is 0 Å². The highest BCUT2D eigenvalue weighted by molar-refractivity contribution is 7.10. The van der Waals surface area contributed by atoms with Gasteiger partial charge >= 0.3 is 0 Å². The highest BCUT2D eigenvalue weighted by Crippen LogP contribution is 2.31. The number of nitrogens with zero attached hydrogens (tertiary/aromatic N) is 1. The first-order chi connectivity index (χ1) is 8.16. The maximum Gasteiger partial charge on any atom is 0.142 e. The molecule has 1 fully saturated rings. The second-order valence-corrected chi connectivity index (χ2v) is 6.14. The van der Waals surface area contributed by atoms with Gasteiger partial charge in [0.25, 0.3) is 0 Å². The molecule has 1 saturated carbocycles. The van der Waals surface area contributed by atoms with E-state index in [-0.39, 0.29) is 0 Å². The standard InChI is InChI=1S/C13H23N3S/c1-9-3-5-11(6-4-9)7-8-15-13-10(2)12(14)16-17-13/h9,11,15H,3-8H2,1-2H3,(H2,14,16). The second-order valence-electron chi connectivity index (χ2n) is 5.36. The molecule has 1 aliphatic rings. The number of anilines is 2. The molecular formula is C13H23N3S. The van der Waals surface area contributed by atoms with E-state index in [1.165, 1.54) is 43.6 Å².